The van der Waals surface area contributed by atoms with Crippen LogP contribution in [0.15, 0.2) is 60.7 Å². The number of carbonyl (C=O) groups excluding carboxylic acids is 1. The SMILES string of the molecule is CC(OCCCNC(=O)CSCC(O)c1ccccc1)c1ccccc1. The van der Waals surface area contributed by atoms with Crippen molar-refractivity contribution < 1.29 is 14.6 Å². The van der Waals surface area contributed by atoms with E-state index in [9.17, 15) is 9.90 Å². The van der Waals surface area contributed by atoms with Crippen LogP contribution in [0.3, 0.4) is 0 Å². The van der Waals surface area contributed by atoms with Crippen molar-refractivity contribution in [3.05, 3.63) is 71.8 Å². The summed E-state index contributed by atoms with van der Waals surface area (Å²) in [7, 11) is 0. The van der Waals surface area contributed by atoms with E-state index in [2.05, 4.69) is 5.32 Å². The Balaban J connectivity index is 1.51. The molecule has 0 bridgehead atoms. The molecule has 2 aromatic carbocycles. The fourth-order valence-corrected chi connectivity index (χ4v) is 3.29. The predicted octanol–water partition coefficient (Wildman–Crippen LogP) is 3.74. The first-order chi connectivity index (χ1) is 12.7. The number of aliphatic hydroxyl groups is 1. The Morgan fingerprint density at radius 1 is 1.08 bits per heavy atom. The third-order valence-electron chi connectivity index (χ3n) is 3.97. The monoisotopic (exact) mass is 373 g/mol. The van der Waals surface area contributed by atoms with Gasteiger partial charge in [-0.25, -0.2) is 0 Å². The summed E-state index contributed by atoms with van der Waals surface area (Å²) in [6.07, 6.45) is 0.295. The van der Waals surface area contributed by atoms with Crippen molar-refractivity contribution in [3.8, 4) is 0 Å². The van der Waals surface area contributed by atoms with Gasteiger partial charge in [0.05, 0.1) is 18.0 Å². The van der Waals surface area contributed by atoms with Crippen LogP contribution in [0.5, 0.6) is 0 Å². The molecular weight excluding hydrogens is 346 g/mol. The molecule has 0 fully saturated rings. The van der Waals surface area contributed by atoms with Crippen molar-refractivity contribution in [2.45, 2.75) is 25.6 Å². The smallest absolute Gasteiger partial charge is 0.229 e. The van der Waals surface area contributed by atoms with Crippen LogP contribution in [-0.2, 0) is 9.53 Å². The highest BCUT2D eigenvalue weighted by molar-refractivity contribution is 7.99. The Hall–Kier alpha value is -1.82. The number of benzene rings is 2. The number of amides is 1. The van der Waals surface area contributed by atoms with E-state index in [0.717, 1.165) is 17.5 Å². The molecule has 4 nitrogen and oxygen atoms in total. The average molecular weight is 374 g/mol. The maximum absolute atomic E-state index is 11.8. The van der Waals surface area contributed by atoms with E-state index in [-0.39, 0.29) is 12.0 Å². The molecule has 0 heterocycles. The molecule has 0 aliphatic rings. The number of ether oxygens (including phenoxy) is 1. The number of hydrogen-bond acceptors (Lipinski definition) is 4. The van der Waals surface area contributed by atoms with Gasteiger partial charge in [0.15, 0.2) is 0 Å². The van der Waals surface area contributed by atoms with Gasteiger partial charge in [-0.15, -0.1) is 11.8 Å². The Morgan fingerprint density at radius 2 is 1.69 bits per heavy atom. The van der Waals surface area contributed by atoms with E-state index in [1.807, 2.05) is 67.6 Å². The summed E-state index contributed by atoms with van der Waals surface area (Å²) in [6, 6.07) is 19.6. The Morgan fingerprint density at radius 3 is 2.35 bits per heavy atom. The Kier molecular flexibility index (Phi) is 9.24. The van der Waals surface area contributed by atoms with Crippen molar-refractivity contribution in [3.63, 3.8) is 0 Å². The summed E-state index contributed by atoms with van der Waals surface area (Å²) in [4.78, 5) is 11.8. The second-order valence-corrected chi connectivity index (χ2v) is 7.10. The minimum absolute atomic E-state index is 0.00799. The highest BCUT2D eigenvalue weighted by atomic mass is 32.2. The van der Waals surface area contributed by atoms with Crippen molar-refractivity contribution in [2.75, 3.05) is 24.7 Å². The topological polar surface area (TPSA) is 58.6 Å². The van der Waals surface area contributed by atoms with Crippen LogP contribution in [0.4, 0.5) is 0 Å². The Bertz CT molecular complexity index is 636. The van der Waals surface area contributed by atoms with E-state index < -0.39 is 6.10 Å². The summed E-state index contributed by atoms with van der Waals surface area (Å²) in [5.74, 6) is 0.853. The standard InChI is InChI=1S/C21H27NO3S/c1-17(18-9-4-2-5-10-18)25-14-8-13-22-21(24)16-26-15-20(23)19-11-6-3-7-12-19/h2-7,9-12,17,20,23H,8,13-16H2,1H3,(H,22,24). The number of nitrogens with one attached hydrogen (secondary N) is 1. The first-order valence-electron chi connectivity index (χ1n) is 8.91. The third kappa shape index (κ3) is 7.60. The maximum Gasteiger partial charge on any atom is 0.229 e. The van der Waals surface area contributed by atoms with Gasteiger partial charge >= 0.3 is 0 Å². The molecule has 0 saturated carbocycles. The molecule has 0 aliphatic carbocycles. The lowest BCUT2D eigenvalue weighted by molar-refractivity contribution is -0.118. The molecule has 0 aromatic heterocycles. The summed E-state index contributed by atoms with van der Waals surface area (Å²) in [5.41, 5.74) is 2.04. The van der Waals surface area contributed by atoms with Crippen LogP contribution in [0.1, 0.15) is 36.7 Å². The largest absolute Gasteiger partial charge is 0.388 e. The van der Waals surface area contributed by atoms with Crippen LogP contribution < -0.4 is 5.32 Å². The quantitative estimate of drug-likeness (QED) is 0.589. The number of aliphatic hydroxyl groups excluding tert-OH is 1. The zero-order valence-electron chi connectivity index (χ0n) is 15.1. The summed E-state index contributed by atoms with van der Waals surface area (Å²) < 4.78 is 5.78. The summed E-state index contributed by atoms with van der Waals surface area (Å²) >= 11 is 1.44. The number of thioether (sulfide) groups is 1. The highest BCUT2D eigenvalue weighted by Gasteiger charge is 2.09. The van der Waals surface area contributed by atoms with Crippen molar-refractivity contribution in [1.82, 2.24) is 5.32 Å². The van der Waals surface area contributed by atoms with Crippen LogP contribution in [0, 0.1) is 0 Å². The summed E-state index contributed by atoms with van der Waals surface area (Å²) in [5, 5.41) is 12.9. The normalized spacial score (nSPS) is 13.2. The molecule has 140 valence electrons. The molecule has 1 amide bonds. The molecule has 2 aromatic rings. The number of carbonyl (C=O) groups is 1. The van der Waals surface area contributed by atoms with E-state index in [1.54, 1.807) is 0 Å². The molecule has 0 radical (unpaired) electrons. The van der Waals surface area contributed by atoms with Gasteiger partial charge in [0.1, 0.15) is 0 Å². The molecule has 0 spiro atoms. The number of rotatable bonds is 11. The fraction of sp³-hybridized carbons (Fsp3) is 0.381. The summed E-state index contributed by atoms with van der Waals surface area (Å²) in [6.45, 7) is 3.24. The van der Waals surface area contributed by atoms with Crippen LogP contribution >= 0.6 is 11.8 Å². The molecule has 26 heavy (non-hydrogen) atoms. The zero-order valence-corrected chi connectivity index (χ0v) is 16.0. The third-order valence-corrected chi connectivity index (χ3v) is 4.99. The van der Waals surface area contributed by atoms with E-state index in [1.165, 1.54) is 11.8 Å². The van der Waals surface area contributed by atoms with Crippen LogP contribution in [0.25, 0.3) is 0 Å². The van der Waals surface area contributed by atoms with Crippen molar-refractivity contribution in [1.29, 1.82) is 0 Å². The second-order valence-electron chi connectivity index (χ2n) is 6.07. The fourth-order valence-electron chi connectivity index (χ4n) is 2.47. The van der Waals surface area contributed by atoms with Gasteiger partial charge in [-0.05, 0) is 24.5 Å². The van der Waals surface area contributed by atoms with Gasteiger partial charge in [0.25, 0.3) is 0 Å². The predicted molar refractivity (Wildman–Crippen MR) is 107 cm³/mol. The lowest BCUT2D eigenvalue weighted by atomic mass is 10.1. The minimum atomic E-state index is -0.540. The van der Waals surface area contributed by atoms with E-state index >= 15 is 0 Å². The second kappa shape index (κ2) is 11.7. The first kappa shape index (κ1) is 20.5. The molecular formula is C21H27NO3S. The molecule has 2 unspecified atom stereocenters. The van der Waals surface area contributed by atoms with Gasteiger partial charge in [0, 0.05) is 18.9 Å². The van der Waals surface area contributed by atoms with Crippen LogP contribution in [0.2, 0.25) is 0 Å². The van der Waals surface area contributed by atoms with Gasteiger partial charge in [-0.3, -0.25) is 4.79 Å². The average Bonchev–Trinajstić information content (AvgIpc) is 2.68. The lowest BCUT2D eigenvalue weighted by Gasteiger charge is -2.13. The van der Waals surface area contributed by atoms with Crippen molar-refractivity contribution >= 4 is 17.7 Å². The minimum Gasteiger partial charge on any atom is -0.388 e. The lowest BCUT2D eigenvalue weighted by Crippen LogP contribution is -2.27. The van der Waals surface area contributed by atoms with E-state index in [0.29, 0.717) is 24.7 Å². The molecule has 0 saturated heterocycles. The van der Waals surface area contributed by atoms with Gasteiger partial charge in [-0.1, -0.05) is 60.7 Å². The van der Waals surface area contributed by atoms with Gasteiger partial charge in [-0.2, -0.15) is 0 Å². The van der Waals surface area contributed by atoms with Gasteiger partial charge in [0.2, 0.25) is 5.91 Å². The van der Waals surface area contributed by atoms with Crippen molar-refractivity contribution in [2.24, 2.45) is 0 Å². The highest BCUT2D eigenvalue weighted by Crippen LogP contribution is 2.18. The first-order valence-corrected chi connectivity index (χ1v) is 10.1. The zero-order chi connectivity index (χ0) is 18.6. The molecule has 5 heteroatoms. The van der Waals surface area contributed by atoms with Crippen LogP contribution in [-0.4, -0.2) is 35.7 Å². The van der Waals surface area contributed by atoms with Gasteiger partial charge < -0.3 is 15.2 Å². The Labute approximate surface area is 160 Å². The maximum atomic E-state index is 11.8. The molecule has 2 rings (SSSR count). The molecule has 2 atom stereocenters. The molecule has 2 N–H and O–H groups in total. The number of hydrogen-bond donors (Lipinski definition) is 2. The van der Waals surface area contributed by atoms with E-state index in [4.69, 9.17) is 4.74 Å². The molecule has 0 aliphatic heterocycles.